The standard InChI is InChI=1S/C10H14NO/c1-8-3-2-4-9-5-6-10(12)7-11(8)9/h2-4,10,12H,5-7H2,1H3/q+1. The van der Waals surface area contributed by atoms with Crippen molar-refractivity contribution >= 4 is 0 Å². The number of fused-ring (bicyclic) bond motifs is 1. The van der Waals surface area contributed by atoms with Gasteiger partial charge in [-0.1, -0.05) is 0 Å². The van der Waals surface area contributed by atoms with Crippen LogP contribution in [0.3, 0.4) is 0 Å². The first kappa shape index (κ1) is 7.74. The molecule has 0 aromatic carbocycles. The third-order valence-electron chi connectivity index (χ3n) is 2.53. The van der Waals surface area contributed by atoms with Gasteiger partial charge in [-0.15, -0.1) is 0 Å². The minimum Gasteiger partial charge on any atom is -0.387 e. The van der Waals surface area contributed by atoms with Gasteiger partial charge in [-0.25, -0.2) is 0 Å². The average Bonchev–Trinajstić information content (AvgIpc) is 2.07. The minimum absolute atomic E-state index is 0.149. The molecule has 64 valence electrons. The van der Waals surface area contributed by atoms with E-state index >= 15 is 0 Å². The molecule has 0 fully saturated rings. The molecular formula is C10H14NO+. The van der Waals surface area contributed by atoms with Crippen molar-refractivity contribution < 1.29 is 9.67 Å². The van der Waals surface area contributed by atoms with Crippen LogP contribution in [0.1, 0.15) is 17.8 Å². The maximum absolute atomic E-state index is 9.46. The van der Waals surface area contributed by atoms with E-state index in [4.69, 9.17) is 0 Å². The molecular weight excluding hydrogens is 150 g/mol. The Bertz CT molecular complexity index is 296. The second-order valence-corrected chi connectivity index (χ2v) is 3.46. The molecule has 1 aliphatic heterocycles. The maximum Gasteiger partial charge on any atom is 0.181 e. The highest BCUT2D eigenvalue weighted by atomic mass is 16.3. The zero-order valence-electron chi connectivity index (χ0n) is 7.33. The van der Waals surface area contributed by atoms with Gasteiger partial charge < -0.3 is 5.11 Å². The van der Waals surface area contributed by atoms with Crippen LogP contribution in [0.4, 0.5) is 0 Å². The molecule has 12 heavy (non-hydrogen) atoms. The second-order valence-electron chi connectivity index (χ2n) is 3.46. The molecule has 1 atom stereocenters. The number of aryl methyl sites for hydroxylation is 2. The number of hydrogen-bond donors (Lipinski definition) is 1. The van der Waals surface area contributed by atoms with Crippen molar-refractivity contribution in [3.63, 3.8) is 0 Å². The molecule has 1 N–H and O–H groups in total. The van der Waals surface area contributed by atoms with E-state index in [1.54, 1.807) is 0 Å². The van der Waals surface area contributed by atoms with Crippen molar-refractivity contribution in [2.45, 2.75) is 32.4 Å². The molecule has 1 aromatic heterocycles. The lowest BCUT2D eigenvalue weighted by Gasteiger charge is -2.15. The van der Waals surface area contributed by atoms with Crippen molar-refractivity contribution in [3.05, 3.63) is 29.6 Å². The molecule has 1 aromatic rings. The third kappa shape index (κ3) is 1.23. The van der Waals surface area contributed by atoms with Crippen LogP contribution in [0.15, 0.2) is 18.2 Å². The lowest BCUT2D eigenvalue weighted by Crippen LogP contribution is -2.49. The van der Waals surface area contributed by atoms with Crippen LogP contribution in [-0.2, 0) is 13.0 Å². The molecule has 2 heteroatoms. The van der Waals surface area contributed by atoms with Crippen molar-refractivity contribution in [2.24, 2.45) is 0 Å². The van der Waals surface area contributed by atoms with Crippen LogP contribution in [0.5, 0.6) is 0 Å². The monoisotopic (exact) mass is 164 g/mol. The molecule has 0 bridgehead atoms. The second kappa shape index (κ2) is 2.87. The SMILES string of the molecule is Cc1cccc2[n+]1CC(O)CC2. The molecule has 2 rings (SSSR count). The fourth-order valence-corrected chi connectivity index (χ4v) is 1.80. The molecule has 0 aliphatic carbocycles. The van der Waals surface area contributed by atoms with Gasteiger partial charge in [-0.3, -0.25) is 0 Å². The predicted molar refractivity (Wildman–Crippen MR) is 45.7 cm³/mol. The van der Waals surface area contributed by atoms with Crippen LogP contribution in [0, 0.1) is 6.92 Å². The van der Waals surface area contributed by atoms with Crippen molar-refractivity contribution in [2.75, 3.05) is 0 Å². The number of rotatable bonds is 0. The number of aliphatic hydroxyl groups is 1. The van der Waals surface area contributed by atoms with Crippen LogP contribution >= 0.6 is 0 Å². The summed E-state index contributed by atoms with van der Waals surface area (Å²) in [6.07, 6.45) is 1.76. The van der Waals surface area contributed by atoms with Gasteiger partial charge in [0, 0.05) is 25.5 Å². The Morgan fingerprint density at radius 3 is 3.17 bits per heavy atom. The average molecular weight is 164 g/mol. The summed E-state index contributed by atoms with van der Waals surface area (Å²) >= 11 is 0. The Kier molecular flexibility index (Phi) is 1.85. The van der Waals surface area contributed by atoms with Crippen molar-refractivity contribution in [1.29, 1.82) is 0 Å². The Morgan fingerprint density at radius 2 is 2.33 bits per heavy atom. The summed E-state index contributed by atoms with van der Waals surface area (Å²) in [5, 5.41) is 9.46. The molecule has 2 heterocycles. The third-order valence-corrected chi connectivity index (χ3v) is 2.53. The number of hydrogen-bond acceptors (Lipinski definition) is 1. The minimum atomic E-state index is -0.149. The van der Waals surface area contributed by atoms with Gasteiger partial charge in [0.25, 0.3) is 0 Å². The number of pyridine rings is 1. The fourth-order valence-electron chi connectivity index (χ4n) is 1.80. The van der Waals surface area contributed by atoms with Crippen molar-refractivity contribution in [1.82, 2.24) is 0 Å². The van der Waals surface area contributed by atoms with Crippen LogP contribution in [0.25, 0.3) is 0 Å². The van der Waals surface area contributed by atoms with E-state index in [0.29, 0.717) is 0 Å². The maximum atomic E-state index is 9.46. The number of aromatic nitrogens is 1. The molecule has 0 saturated heterocycles. The molecule has 0 spiro atoms. The zero-order valence-corrected chi connectivity index (χ0v) is 7.33. The summed E-state index contributed by atoms with van der Waals surface area (Å²) < 4.78 is 2.20. The van der Waals surface area contributed by atoms with E-state index in [0.717, 1.165) is 19.4 Å². The first-order chi connectivity index (χ1) is 5.77. The lowest BCUT2D eigenvalue weighted by molar-refractivity contribution is -0.721. The summed E-state index contributed by atoms with van der Waals surface area (Å²) in [5.41, 5.74) is 2.59. The van der Waals surface area contributed by atoms with Gasteiger partial charge in [-0.05, 0) is 12.5 Å². The van der Waals surface area contributed by atoms with Crippen LogP contribution in [0.2, 0.25) is 0 Å². The number of aliphatic hydroxyl groups excluding tert-OH is 1. The molecule has 2 nitrogen and oxygen atoms in total. The van der Waals surface area contributed by atoms with E-state index in [9.17, 15) is 5.11 Å². The highest BCUT2D eigenvalue weighted by molar-refractivity contribution is 5.03. The Hall–Kier alpha value is -0.890. The summed E-state index contributed by atoms with van der Waals surface area (Å²) in [6, 6.07) is 6.30. The highest BCUT2D eigenvalue weighted by Gasteiger charge is 2.23. The number of nitrogens with zero attached hydrogens (tertiary/aromatic N) is 1. The van der Waals surface area contributed by atoms with Gasteiger partial charge in [0.2, 0.25) is 0 Å². The summed E-state index contributed by atoms with van der Waals surface area (Å²) in [4.78, 5) is 0. The highest BCUT2D eigenvalue weighted by Crippen LogP contribution is 2.08. The molecule has 1 aliphatic rings. The summed E-state index contributed by atoms with van der Waals surface area (Å²) in [6.45, 7) is 2.85. The Labute approximate surface area is 72.5 Å². The largest absolute Gasteiger partial charge is 0.387 e. The van der Waals surface area contributed by atoms with Gasteiger partial charge in [0.15, 0.2) is 17.9 Å². The Balaban J connectivity index is 2.43. The smallest absolute Gasteiger partial charge is 0.181 e. The predicted octanol–water partition coefficient (Wildman–Crippen LogP) is 0.590. The van der Waals surface area contributed by atoms with Crippen LogP contribution < -0.4 is 4.57 Å². The Morgan fingerprint density at radius 1 is 1.50 bits per heavy atom. The van der Waals surface area contributed by atoms with E-state index < -0.39 is 0 Å². The normalized spacial score (nSPS) is 22.0. The van der Waals surface area contributed by atoms with Gasteiger partial charge in [0.05, 0.1) is 0 Å². The quantitative estimate of drug-likeness (QED) is 0.557. The van der Waals surface area contributed by atoms with Gasteiger partial charge >= 0.3 is 0 Å². The van der Waals surface area contributed by atoms with Crippen molar-refractivity contribution in [3.8, 4) is 0 Å². The molecule has 0 saturated carbocycles. The zero-order chi connectivity index (χ0) is 8.55. The van der Waals surface area contributed by atoms with Gasteiger partial charge in [-0.2, -0.15) is 4.57 Å². The fraction of sp³-hybridized carbons (Fsp3) is 0.500. The first-order valence-electron chi connectivity index (χ1n) is 4.44. The van der Waals surface area contributed by atoms with E-state index in [2.05, 4.69) is 29.7 Å². The first-order valence-corrected chi connectivity index (χ1v) is 4.44. The summed E-state index contributed by atoms with van der Waals surface area (Å²) in [5.74, 6) is 0. The van der Waals surface area contributed by atoms with E-state index in [-0.39, 0.29) is 6.10 Å². The van der Waals surface area contributed by atoms with E-state index in [1.807, 2.05) is 0 Å². The lowest BCUT2D eigenvalue weighted by atomic mass is 10.1. The molecule has 0 radical (unpaired) electrons. The van der Waals surface area contributed by atoms with E-state index in [1.165, 1.54) is 11.4 Å². The molecule has 0 amide bonds. The van der Waals surface area contributed by atoms with Crippen LogP contribution in [-0.4, -0.2) is 11.2 Å². The molecule has 1 unspecified atom stereocenters. The topological polar surface area (TPSA) is 24.1 Å². The summed E-state index contributed by atoms with van der Waals surface area (Å²) in [7, 11) is 0. The van der Waals surface area contributed by atoms with Gasteiger partial charge in [0.1, 0.15) is 6.10 Å².